The Bertz CT molecular complexity index is 462. The molecule has 1 aromatic carbocycles. The van der Waals surface area contributed by atoms with Gasteiger partial charge in [0.1, 0.15) is 5.69 Å². The van der Waals surface area contributed by atoms with E-state index in [1.807, 2.05) is 0 Å². The monoisotopic (exact) mass is 257 g/mol. The molecule has 0 aliphatic carbocycles. The number of morpholine rings is 1. The summed E-state index contributed by atoms with van der Waals surface area (Å²) in [6.07, 6.45) is 0. The quantitative estimate of drug-likeness (QED) is 0.747. The van der Waals surface area contributed by atoms with Crippen molar-refractivity contribution in [2.45, 2.75) is 0 Å². The molecule has 0 aromatic heterocycles. The molecule has 2 amide bonds. The van der Waals surface area contributed by atoms with Crippen LogP contribution in [0.5, 0.6) is 0 Å². The van der Waals surface area contributed by atoms with Crippen LogP contribution in [0.1, 0.15) is 0 Å². The van der Waals surface area contributed by atoms with Crippen LogP contribution in [0.3, 0.4) is 0 Å². The summed E-state index contributed by atoms with van der Waals surface area (Å²) in [5, 5.41) is 2.28. The van der Waals surface area contributed by atoms with Crippen molar-refractivity contribution in [1.82, 2.24) is 4.90 Å². The number of rotatable bonds is 1. The van der Waals surface area contributed by atoms with Gasteiger partial charge in [0.2, 0.25) is 0 Å². The maximum Gasteiger partial charge on any atom is 0.322 e. The molecule has 0 atom stereocenters. The van der Waals surface area contributed by atoms with Gasteiger partial charge in [0.15, 0.2) is 11.6 Å². The third-order valence-corrected chi connectivity index (χ3v) is 2.66. The van der Waals surface area contributed by atoms with Crippen LogP contribution in [0.4, 0.5) is 25.0 Å². The largest absolute Gasteiger partial charge is 0.397 e. The maximum absolute atomic E-state index is 13.5. The molecule has 0 unspecified atom stereocenters. The summed E-state index contributed by atoms with van der Waals surface area (Å²) in [6.45, 7) is 1.66. The second kappa shape index (κ2) is 5.18. The van der Waals surface area contributed by atoms with Gasteiger partial charge in [-0.25, -0.2) is 13.6 Å². The van der Waals surface area contributed by atoms with Crippen molar-refractivity contribution in [3.8, 4) is 0 Å². The Labute approximate surface area is 103 Å². The molecule has 1 aliphatic rings. The van der Waals surface area contributed by atoms with Crippen molar-refractivity contribution in [2.24, 2.45) is 0 Å². The van der Waals surface area contributed by atoms with Gasteiger partial charge in [0.05, 0.1) is 18.9 Å². The van der Waals surface area contributed by atoms with E-state index in [0.717, 1.165) is 6.07 Å². The van der Waals surface area contributed by atoms with E-state index >= 15 is 0 Å². The van der Waals surface area contributed by atoms with Crippen LogP contribution in [0.2, 0.25) is 0 Å². The number of carbonyl (C=O) groups excluding carboxylic acids is 1. The number of nitrogens with two attached hydrogens (primary N) is 1. The molecule has 2 rings (SSSR count). The molecule has 0 saturated carbocycles. The SMILES string of the molecule is Nc1ccc(F)c(F)c1NC(=O)N1CCOCC1. The minimum atomic E-state index is -1.16. The van der Waals surface area contributed by atoms with Gasteiger partial charge in [-0.1, -0.05) is 0 Å². The average molecular weight is 257 g/mol. The summed E-state index contributed by atoms with van der Waals surface area (Å²) in [6, 6.07) is 1.59. The molecule has 0 radical (unpaired) electrons. The summed E-state index contributed by atoms with van der Waals surface area (Å²) in [4.78, 5) is 13.2. The van der Waals surface area contributed by atoms with Gasteiger partial charge < -0.3 is 20.7 Å². The third kappa shape index (κ3) is 2.51. The fourth-order valence-electron chi connectivity index (χ4n) is 1.65. The average Bonchev–Trinajstić information content (AvgIpc) is 2.40. The van der Waals surface area contributed by atoms with E-state index in [1.54, 1.807) is 0 Å². The lowest BCUT2D eigenvalue weighted by Crippen LogP contribution is -2.43. The molecular weight excluding hydrogens is 244 g/mol. The van der Waals surface area contributed by atoms with Crippen LogP contribution in [-0.2, 0) is 4.74 Å². The van der Waals surface area contributed by atoms with E-state index in [-0.39, 0.29) is 11.4 Å². The minimum absolute atomic E-state index is 0.0180. The van der Waals surface area contributed by atoms with Gasteiger partial charge in [0, 0.05) is 13.1 Å². The number of nitrogens with one attached hydrogen (secondary N) is 1. The standard InChI is InChI=1S/C11H13F2N3O2/c12-7-1-2-8(14)10(9(7)13)15-11(17)16-3-5-18-6-4-16/h1-2H,3-6,14H2,(H,15,17). The second-order valence-electron chi connectivity index (χ2n) is 3.86. The Morgan fingerprint density at radius 2 is 2.00 bits per heavy atom. The first-order chi connectivity index (χ1) is 8.59. The highest BCUT2D eigenvalue weighted by Crippen LogP contribution is 2.24. The molecule has 7 heteroatoms. The van der Waals surface area contributed by atoms with Crippen molar-refractivity contribution in [1.29, 1.82) is 0 Å². The number of halogens is 2. The molecular formula is C11H13F2N3O2. The first-order valence-electron chi connectivity index (χ1n) is 5.46. The van der Waals surface area contributed by atoms with E-state index in [4.69, 9.17) is 10.5 Å². The zero-order chi connectivity index (χ0) is 13.1. The molecule has 1 saturated heterocycles. The number of nitrogen functional groups attached to an aromatic ring is 1. The number of ether oxygens (including phenoxy) is 1. The predicted octanol–water partition coefficient (Wildman–Crippen LogP) is 1.41. The molecule has 18 heavy (non-hydrogen) atoms. The van der Waals surface area contributed by atoms with Gasteiger partial charge in [-0.2, -0.15) is 0 Å². The Hall–Kier alpha value is -1.89. The lowest BCUT2D eigenvalue weighted by molar-refractivity contribution is 0.0564. The minimum Gasteiger partial charge on any atom is -0.397 e. The fraction of sp³-hybridized carbons (Fsp3) is 0.364. The van der Waals surface area contributed by atoms with E-state index in [1.165, 1.54) is 11.0 Å². The van der Waals surface area contributed by atoms with Gasteiger partial charge in [-0.15, -0.1) is 0 Å². The van der Waals surface area contributed by atoms with Crippen molar-refractivity contribution >= 4 is 17.4 Å². The number of amides is 2. The van der Waals surface area contributed by atoms with Crippen molar-refractivity contribution in [2.75, 3.05) is 37.4 Å². The van der Waals surface area contributed by atoms with Crippen molar-refractivity contribution in [3.63, 3.8) is 0 Å². The van der Waals surface area contributed by atoms with Gasteiger partial charge >= 0.3 is 6.03 Å². The summed E-state index contributed by atoms with van der Waals surface area (Å²) in [7, 11) is 0. The highest BCUT2D eigenvalue weighted by Gasteiger charge is 2.20. The summed E-state index contributed by atoms with van der Waals surface area (Å²) in [5.41, 5.74) is 5.16. The topological polar surface area (TPSA) is 67.6 Å². The number of carbonyl (C=O) groups is 1. The molecule has 1 aliphatic heterocycles. The van der Waals surface area contributed by atoms with E-state index in [9.17, 15) is 13.6 Å². The predicted molar refractivity (Wildman–Crippen MR) is 62.2 cm³/mol. The zero-order valence-corrected chi connectivity index (χ0v) is 9.58. The maximum atomic E-state index is 13.5. The Balaban J connectivity index is 2.13. The van der Waals surface area contributed by atoms with Crippen LogP contribution < -0.4 is 11.1 Å². The molecule has 1 heterocycles. The summed E-state index contributed by atoms with van der Waals surface area (Å²) >= 11 is 0. The number of benzene rings is 1. The Morgan fingerprint density at radius 3 is 2.67 bits per heavy atom. The molecule has 3 N–H and O–H groups in total. The summed E-state index contributed by atoms with van der Waals surface area (Å²) < 4.78 is 31.6. The van der Waals surface area contributed by atoms with Gasteiger partial charge in [-0.3, -0.25) is 0 Å². The number of urea groups is 1. The zero-order valence-electron chi connectivity index (χ0n) is 9.58. The Kier molecular flexibility index (Phi) is 3.61. The van der Waals surface area contributed by atoms with Crippen LogP contribution in [0.15, 0.2) is 12.1 Å². The number of nitrogens with zero attached hydrogens (tertiary/aromatic N) is 1. The molecule has 0 bridgehead atoms. The van der Waals surface area contributed by atoms with Gasteiger partial charge in [-0.05, 0) is 12.1 Å². The lowest BCUT2D eigenvalue weighted by Gasteiger charge is -2.27. The molecule has 1 aromatic rings. The van der Waals surface area contributed by atoms with Crippen LogP contribution in [-0.4, -0.2) is 37.2 Å². The first kappa shape index (κ1) is 12.6. The molecule has 5 nitrogen and oxygen atoms in total. The van der Waals surface area contributed by atoms with Crippen LogP contribution in [0, 0.1) is 11.6 Å². The Morgan fingerprint density at radius 1 is 1.33 bits per heavy atom. The van der Waals surface area contributed by atoms with E-state index in [2.05, 4.69) is 5.32 Å². The highest BCUT2D eigenvalue weighted by molar-refractivity contribution is 5.92. The lowest BCUT2D eigenvalue weighted by atomic mass is 10.2. The van der Waals surface area contributed by atoms with Gasteiger partial charge in [0.25, 0.3) is 0 Å². The molecule has 1 fully saturated rings. The van der Waals surface area contributed by atoms with Crippen LogP contribution in [0.25, 0.3) is 0 Å². The smallest absolute Gasteiger partial charge is 0.322 e. The third-order valence-electron chi connectivity index (χ3n) is 2.66. The highest BCUT2D eigenvalue weighted by atomic mass is 19.2. The van der Waals surface area contributed by atoms with E-state index < -0.39 is 17.7 Å². The van der Waals surface area contributed by atoms with Crippen LogP contribution >= 0.6 is 0 Å². The normalized spacial score (nSPS) is 15.6. The van der Waals surface area contributed by atoms with E-state index in [0.29, 0.717) is 26.3 Å². The molecule has 98 valence electrons. The number of hydrogen-bond donors (Lipinski definition) is 2. The number of anilines is 2. The second-order valence-corrected chi connectivity index (χ2v) is 3.86. The summed E-state index contributed by atoms with van der Waals surface area (Å²) in [5.74, 6) is -2.21. The fourth-order valence-corrected chi connectivity index (χ4v) is 1.65. The first-order valence-corrected chi connectivity index (χ1v) is 5.46. The number of hydrogen-bond acceptors (Lipinski definition) is 3. The van der Waals surface area contributed by atoms with Crippen molar-refractivity contribution < 1.29 is 18.3 Å². The molecule has 0 spiro atoms. The van der Waals surface area contributed by atoms with Crippen molar-refractivity contribution in [3.05, 3.63) is 23.8 Å².